The number of hydrogen-bond acceptors (Lipinski definition) is 3. The molecule has 2 rings (SSSR count). The molecule has 5 nitrogen and oxygen atoms in total. The molecule has 0 unspecified atom stereocenters. The van der Waals surface area contributed by atoms with Crippen LogP contribution in [0, 0.1) is 6.92 Å². The van der Waals surface area contributed by atoms with E-state index in [0.29, 0.717) is 23.7 Å². The van der Waals surface area contributed by atoms with Gasteiger partial charge in [0.05, 0.1) is 5.69 Å². The maximum Gasteiger partial charge on any atom is 0.246 e. The first kappa shape index (κ1) is 11.6. The molecule has 1 aromatic rings. The molecular weight excluding hydrogens is 226 g/mol. The zero-order valence-corrected chi connectivity index (χ0v) is 10.5. The summed E-state index contributed by atoms with van der Waals surface area (Å²) in [6.45, 7) is 3.00. The van der Waals surface area contributed by atoms with Crippen LogP contribution in [-0.2, 0) is 17.1 Å². The van der Waals surface area contributed by atoms with Gasteiger partial charge in [-0.1, -0.05) is 6.42 Å². The van der Waals surface area contributed by atoms with Crippen molar-refractivity contribution in [3.63, 3.8) is 0 Å². The van der Waals surface area contributed by atoms with Gasteiger partial charge < -0.3 is 0 Å². The van der Waals surface area contributed by atoms with Crippen molar-refractivity contribution < 1.29 is 8.42 Å². The third-order valence-corrected chi connectivity index (χ3v) is 4.90. The van der Waals surface area contributed by atoms with Crippen LogP contribution in [-0.4, -0.2) is 35.6 Å². The van der Waals surface area contributed by atoms with Gasteiger partial charge in [0.2, 0.25) is 10.0 Å². The molecule has 1 saturated heterocycles. The van der Waals surface area contributed by atoms with Crippen LogP contribution < -0.4 is 0 Å². The predicted octanol–water partition coefficient (Wildman–Crippen LogP) is 0.903. The first-order valence-electron chi connectivity index (χ1n) is 5.52. The smallest absolute Gasteiger partial charge is 0.246 e. The molecule has 0 N–H and O–H groups in total. The van der Waals surface area contributed by atoms with Crippen LogP contribution in [0.2, 0.25) is 0 Å². The van der Waals surface area contributed by atoms with Crippen molar-refractivity contribution in [1.29, 1.82) is 0 Å². The van der Waals surface area contributed by atoms with Gasteiger partial charge in [0.1, 0.15) is 4.90 Å². The summed E-state index contributed by atoms with van der Waals surface area (Å²) in [5.41, 5.74) is 0.577. The van der Waals surface area contributed by atoms with Crippen molar-refractivity contribution in [1.82, 2.24) is 14.1 Å². The second-order valence-electron chi connectivity index (χ2n) is 4.22. The molecule has 2 heterocycles. The number of sulfonamides is 1. The molecule has 0 aromatic carbocycles. The number of aryl methyl sites for hydroxylation is 2. The Balaban J connectivity index is 2.34. The summed E-state index contributed by atoms with van der Waals surface area (Å²) >= 11 is 0. The maximum absolute atomic E-state index is 12.3. The lowest BCUT2D eigenvalue weighted by Crippen LogP contribution is -2.35. The number of aromatic nitrogens is 2. The Kier molecular flexibility index (Phi) is 3.03. The Hall–Kier alpha value is -0.880. The fourth-order valence-electron chi connectivity index (χ4n) is 2.08. The zero-order valence-electron chi connectivity index (χ0n) is 9.68. The largest absolute Gasteiger partial charge is 0.274 e. The highest BCUT2D eigenvalue weighted by Crippen LogP contribution is 2.22. The summed E-state index contributed by atoms with van der Waals surface area (Å²) in [7, 11) is -1.58. The van der Waals surface area contributed by atoms with E-state index in [1.54, 1.807) is 29.2 Å². The van der Waals surface area contributed by atoms with E-state index in [0.717, 1.165) is 19.3 Å². The lowest BCUT2D eigenvalue weighted by molar-refractivity contribution is 0.346. The highest BCUT2D eigenvalue weighted by Gasteiger charge is 2.28. The summed E-state index contributed by atoms with van der Waals surface area (Å²) in [6.07, 6.45) is 4.62. The van der Waals surface area contributed by atoms with E-state index < -0.39 is 10.0 Å². The van der Waals surface area contributed by atoms with Gasteiger partial charge in [-0.2, -0.15) is 9.40 Å². The van der Waals surface area contributed by atoms with Gasteiger partial charge in [-0.15, -0.1) is 0 Å². The van der Waals surface area contributed by atoms with Crippen LogP contribution in [0.15, 0.2) is 11.1 Å². The van der Waals surface area contributed by atoms with Gasteiger partial charge >= 0.3 is 0 Å². The summed E-state index contributed by atoms with van der Waals surface area (Å²) in [4.78, 5) is 0.344. The molecule has 1 aromatic heterocycles. The molecule has 1 aliphatic rings. The van der Waals surface area contributed by atoms with Crippen LogP contribution >= 0.6 is 0 Å². The lowest BCUT2D eigenvalue weighted by Gasteiger charge is -2.25. The topological polar surface area (TPSA) is 55.2 Å². The SMILES string of the molecule is Cc1nn(C)cc1S(=O)(=O)N1CCCCC1. The van der Waals surface area contributed by atoms with Gasteiger partial charge in [-0.05, 0) is 19.8 Å². The van der Waals surface area contributed by atoms with Crippen molar-refractivity contribution in [3.8, 4) is 0 Å². The minimum Gasteiger partial charge on any atom is -0.274 e. The molecule has 0 spiro atoms. The first-order chi connectivity index (χ1) is 7.51. The van der Waals surface area contributed by atoms with E-state index in [1.807, 2.05) is 0 Å². The summed E-state index contributed by atoms with van der Waals surface area (Å²) in [6, 6.07) is 0. The third-order valence-electron chi connectivity index (χ3n) is 2.90. The fraction of sp³-hybridized carbons (Fsp3) is 0.700. The van der Waals surface area contributed by atoms with E-state index in [4.69, 9.17) is 0 Å². The number of nitrogens with zero attached hydrogens (tertiary/aromatic N) is 3. The van der Waals surface area contributed by atoms with Gasteiger partial charge in [0.25, 0.3) is 0 Å². The van der Waals surface area contributed by atoms with Gasteiger partial charge in [-0.3, -0.25) is 4.68 Å². The second-order valence-corrected chi connectivity index (χ2v) is 6.12. The van der Waals surface area contributed by atoms with Crippen molar-refractivity contribution >= 4 is 10.0 Å². The number of piperidine rings is 1. The van der Waals surface area contributed by atoms with Crippen molar-refractivity contribution in [2.75, 3.05) is 13.1 Å². The van der Waals surface area contributed by atoms with E-state index in [2.05, 4.69) is 5.10 Å². The van der Waals surface area contributed by atoms with Crippen molar-refractivity contribution in [3.05, 3.63) is 11.9 Å². The van der Waals surface area contributed by atoms with E-state index in [9.17, 15) is 8.42 Å². The van der Waals surface area contributed by atoms with Crippen LogP contribution in [0.25, 0.3) is 0 Å². The third kappa shape index (κ3) is 1.99. The van der Waals surface area contributed by atoms with Gasteiger partial charge in [0.15, 0.2) is 0 Å². The summed E-state index contributed by atoms with van der Waals surface area (Å²) in [5.74, 6) is 0. The Morgan fingerprint density at radius 2 is 1.88 bits per heavy atom. The predicted molar refractivity (Wildman–Crippen MR) is 60.6 cm³/mol. The minimum atomic E-state index is -3.32. The average Bonchev–Trinajstić information content (AvgIpc) is 2.60. The van der Waals surface area contributed by atoms with Crippen molar-refractivity contribution in [2.45, 2.75) is 31.1 Å². The maximum atomic E-state index is 12.3. The molecule has 1 fully saturated rings. The molecule has 6 heteroatoms. The molecular formula is C10H17N3O2S. The molecule has 0 saturated carbocycles. The molecule has 0 bridgehead atoms. The van der Waals surface area contributed by atoms with Gasteiger partial charge in [-0.25, -0.2) is 8.42 Å². The fourth-order valence-corrected chi connectivity index (χ4v) is 3.79. The highest BCUT2D eigenvalue weighted by molar-refractivity contribution is 7.89. The van der Waals surface area contributed by atoms with Crippen LogP contribution in [0.4, 0.5) is 0 Å². The normalized spacial score (nSPS) is 18.9. The monoisotopic (exact) mass is 243 g/mol. The average molecular weight is 243 g/mol. The standard InChI is InChI=1S/C10H17N3O2S/c1-9-10(8-12(2)11-9)16(14,15)13-6-4-3-5-7-13/h8H,3-7H2,1-2H3. The Labute approximate surface area is 96.1 Å². The molecule has 90 valence electrons. The molecule has 0 radical (unpaired) electrons. The summed E-state index contributed by atoms with van der Waals surface area (Å²) < 4.78 is 27.7. The summed E-state index contributed by atoms with van der Waals surface area (Å²) in [5, 5.41) is 4.08. The number of rotatable bonds is 2. The zero-order chi connectivity index (χ0) is 11.8. The second kappa shape index (κ2) is 4.18. The van der Waals surface area contributed by atoms with Crippen molar-refractivity contribution in [2.24, 2.45) is 7.05 Å². The molecule has 0 atom stereocenters. The van der Waals surface area contributed by atoms with Gasteiger partial charge in [0, 0.05) is 26.3 Å². The first-order valence-corrected chi connectivity index (χ1v) is 6.96. The van der Waals surface area contributed by atoms with E-state index in [-0.39, 0.29) is 0 Å². The lowest BCUT2D eigenvalue weighted by atomic mass is 10.2. The number of hydrogen-bond donors (Lipinski definition) is 0. The van der Waals surface area contributed by atoms with E-state index >= 15 is 0 Å². The Bertz CT molecular complexity index is 472. The molecule has 0 aliphatic carbocycles. The quantitative estimate of drug-likeness (QED) is 0.775. The minimum absolute atomic E-state index is 0.344. The molecule has 16 heavy (non-hydrogen) atoms. The Morgan fingerprint density at radius 1 is 1.25 bits per heavy atom. The van der Waals surface area contributed by atoms with E-state index in [1.165, 1.54) is 0 Å². The van der Waals surface area contributed by atoms with Crippen LogP contribution in [0.5, 0.6) is 0 Å². The van der Waals surface area contributed by atoms with Crippen LogP contribution in [0.3, 0.4) is 0 Å². The highest BCUT2D eigenvalue weighted by atomic mass is 32.2. The molecule has 1 aliphatic heterocycles. The van der Waals surface area contributed by atoms with Crippen LogP contribution in [0.1, 0.15) is 25.0 Å². The Morgan fingerprint density at radius 3 is 2.38 bits per heavy atom. The molecule has 0 amide bonds.